The molecule has 2 amide bonds. The average molecular weight is 444 g/mol. The summed E-state index contributed by atoms with van der Waals surface area (Å²) in [7, 11) is 3.17. The van der Waals surface area contributed by atoms with Crippen LogP contribution in [0.5, 0.6) is 11.5 Å². The number of aromatic amines is 1. The van der Waals surface area contributed by atoms with Crippen molar-refractivity contribution in [1.29, 1.82) is 0 Å². The molecule has 3 N–H and O–H groups in total. The number of fused-ring (bicyclic) bond motifs is 1. The van der Waals surface area contributed by atoms with E-state index in [-0.39, 0.29) is 11.8 Å². The Labute approximate surface area is 190 Å². The number of nitrogens with one attached hydrogen (secondary N) is 3. The minimum atomic E-state index is -0.276. The number of methoxy groups -OCH3 is 2. The molecule has 0 aliphatic rings. The summed E-state index contributed by atoms with van der Waals surface area (Å²) in [5.74, 6) is 1.39. The molecule has 3 aromatic carbocycles. The number of benzene rings is 3. The van der Waals surface area contributed by atoms with Gasteiger partial charge in [0, 0.05) is 41.6 Å². The maximum absolute atomic E-state index is 12.9. The molecule has 1 heterocycles. The van der Waals surface area contributed by atoms with E-state index in [1.807, 2.05) is 37.3 Å². The lowest BCUT2D eigenvalue weighted by Gasteiger charge is -2.11. The highest BCUT2D eigenvalue weighted by Crippen LogP contribution is 2.33. The number of carbonyl (C=O) groups excluding carboxylic acids is 2. The molecule has 0 fully saturated rings. The SMILES string of the molecule is COc1cc2nc(-c3ccc(C)c(NC(=O)c4cccc(NC(C)=O)c4)c3)[nH]c2cc1OC. The molecule has 0 unspecified atom stereocenters. The van der Waals surface area contributed by atoms with Crippen molar-refractivity contribution in [2.75, 3.05) is 24.9 Å². The number of imidazole rings is 1. The first-order valence-electron chi connectivity index (χ1n) is 10.3. The molecule has 0 saturated heterocycles. The molecular formula is C25H24N4O4. The normalized spacial score (nSPS) is 10.7. The van der Waals surface area contributed by atoms with Crippen LogP contribution in [0.1, 0.15) is 22.8 Å². The van der Waals surface area contributed by atoms with Crippen molar-refractivity contribution in [3.63, 3.8) is 0 Å². The summed E-state index contributed by atoms with van der Waals surface area (Å²) >= 11 is 0. The van der Waals surface area contributed by atoms with Crippen LogP contribution in [-0.2, 0) is 4.79 Å². The molecule has 0 aliphatic heterocycles. The van der Waals surface area contributed by atoms with E-state index >= 15 is 0 Å². The number of rotatable bonds is 6. The van der Waals surface area contributed by atoms with Crippen LogP contribution in [0.2, 0.25) is 0 Å². The van der Waals surface area contributed by atoms with Crippen LogP contribution in [0.25, 0.3) is 22.4 Å². The Bertz CT molecular complexity index is 1320. The molecule has 4 rings (SSSR count). The highest BCUT2D eigenvalue weighted by molar-refractivity contribution is 6.06. The van der Waals surface area contributed by atoms with Gasteiger partial charge in [0.25, 0.3) is 5.91 Å². The van der Waals surface area contributed by atoms with Crippen LogP contribution in [-0.4, -0.2) is 36.0 Å². The number of hydrogen-bond donors (Lipinski definition) is 3. The van der Waals surface area contributed by atoms with Gasteiger partial charge in [0.1, 0.15) is 5.82 Å². The van der Waals surface area contributed by atoms with E-state index in [2.05, 4.69) is 20.6 Å². The molecule has 1 aromatic heterocycles. The van der Waals surface area contributed by atoms with Gasteiger partial charge in [-0.3, -0.25) is 9.59 Å². The zero-order valence-electron chi connectivity index (χ0n) is 18.8. The van der Waals surface area contributed by atoms with Crippen molar-refractivity contribution in [3.8, 4) is 22.9 Å². The predicted molar refractivity (Wildman–Crippen MR) is 128 cm³/mol. The predicted octanol–water partition coefficient (Wildman–Crippen LogP) is 4.77. The molecule has 8 heteroatoms. The van der Waals surface area contributed by atoms with Crippen LogP contribution in [0, 0.1) is 6.92 Å². The van der Waals surface area contributed by atoms with Crippen molar-refractivity contribution in [2.45, 2.75) is 13.8 Å². The first-order chi connectivity index (χ1) is 15.9. The number of aromatic nitrogens is 2. The molecule has 0 spiro atoms. The van der Waals surface area contributed by atoms with E-state index in [1.54, 1.807) is 38.5 Å². The van der Waals surface area contributed by atoms with E-state index in [9.17, 15) is 9.59 Å². The Hall–Kier alpha value is -4.33. The molecule has 0 atom stereocenters. The number of H-pyrrole nitrogens is 1. The van der Waals surface area contributed by atoms with Crippen LogP contribution in [0.3, 0.4) is 0 Å². The summed E-state index contributed by atoms with van der Waals surface area (Å²) in [6.07, 6.45) is 0. The van der Waals surface area contributed by atoms with Gasteiger partial charge >= 0.3 is 0 Å². The zero-order chi connectivity index (χ0) is 23.5. The third kappa shape index (κ3) is 4.64. The summed E-state index contributed by atoms with van der Waals surface area (Å²) in [5, 5.41) is 5.64. The third-order valence-corrected chi connectivity index (χ3v) is 5.19. The standard InChI is InChI=1S/C25H24N4O4/c1-14-8-9-16(24-27-20-12-22(32-3)23(33-4)13-21(20)28-24)11-19(14)29-25(31)17-6-5-7-18(10-17)26-15(2)30/h5-13H,1-4H3,(H,26,30)(H,27,28)(H,29,31). The topological polar surface area (TPSA) is 105 Å². The Morgan fingerprint density at radius 2 is 1.70 bits per heavy atom. The molecule has 8 nitrogen and oxygen atoms in total. The summed E-state index contributed by atoms with van der Waals surface area (Å²) in [6.45, 7) is 3.34. The second-order valence-electron chi connectivity index (χ2n) is 7.56. The van der Waals surface area contributed by atoms with Gasteiger partial charge in [-0.1, -0.05) is 18.2 Å². The first kappa shape index (κ1) is 21.9. The van der Waals surface area contributed by atoms with Crippen molar-refractivity contribution >= 4 is 34.2 Å². The zero-order valence-corrected chi connectivity index (χ0v) is 18.8. The van der Waals surface area contributed by atoms with Gasteiger partial charge in [-0.05, 0) is 36.8 Å². The Morgan fingerprint density at radius 3 is 2.42 bits per heavy atom. The highest BCUT2D eigenvalue weighted by atomic mass is 16.5. The molecular weight excluding hydrogens is 420 g/mol. The van der Waals surface area contributed by atoms with Crippen LogP contribution in [0.15, 0.2) is 54.6 Å². The Kier molecular flexibility index (Phi) is 5.99. The first-order valence-corrected chi connectivity index (χ1v) is 10.3. The second kappa shape index (κ2) is 9.04. The minimum Gasteiger partial charge on any atom is -0.493 e. The smallest absolute Gasteiger partial charge is 0.255 e. The monoisotopic (exact) mass is 444 g/mol. The van der Waals surface area contributed by atoms with Gasteiger partial charge in [-0.15, -0.1) is 0 Å². The summed E-state index contributed by atoms with van der Waals surface area (Å²) in [6, 6.07) is 16.2. The van der Waals surface area contributed by atoms with Crippen molar-refractivity contribution in [3.05, 3.63) is 65.7 Å². The van der Waals surface area contributed by atoms with E-state index in [1.165, 1.54) is 6.92 Å². The number of nitrogens with zero attached hydrogens (tertiary/aromatic N) is 1. The summed E-state index contributed by atoms with van der Waals surface area (Å²) < 4.78 is 10.7. The minimum absolute atomic E-state index is 0.197. The van der Waals surface area contributed by atoms with E-state index in [0.717, 1.165) is 22.2 Å². The highest BCUT2D eigenvalue weighted by Gasteiger charge is 2.14. The fraction of sp³-hybridized carbons (Fsp3) is 0.160. The fourth-order valence-corrected chi connectivity index (χ4v) is 3.51. The molecule has 0 bridgehead atoms. The number of amides is 2. The summed E-state index contributed by atoms with van der Waals surface area (Å²) in [4.78, 5) is 32.1. The maximum Gasteiger partial charge on any atom is 0.255 e. The number of anilines is 2. The maximum atomic E-state index is 12.9. The fourth-order valence-electron chi connectivity index (χ4n) is 3.51. The van der Waals surface area contributed by atoms with Crippen molar-refractivity contribution in [2.24, 2.45) is 0 Å². The largest absolute Gasteiger partial charge is 0.493 e. The third-order valence-electron chi connectivity index (χ3n) is 5.19. The van der Waals surface area contributed by atoms with Crippen LogP contribution >= 0.6 is 0 Å². The van der Waals surface area contributed by atoms with Gasteiger partial charge in [0.05, 0.1) is 25.3 Å². The lowest BCUT2D eigenvalue weighted by molar-refractivity contribution is -0.114. The van der Waals surface area contributed by atoms with Crippen LogP contribution < -0.4 is 20.1 Å². The molecule has 0 aliphatic carbocycles. The van der Waals surface area contributed by atoms with Gasteiger partial charge in [0.2, 0.25) is 5.91 Å². The van der Waals surface area contributed by atoms with Gasteiger partial charge in [-0.2, -0.15) is 0 Å². The number of hydrogen-bond acceptors (Lipinski definition) is 5. The molecule has 4 aromatic rings. The lowest BCUT2D eigenvalue weighted by Crippen LogP contribution is -2.14. The van der Waals surface area contributed by atoms with E-state index in [0.29, 0.717) is 34.3 Å². The molecule has 33 heavy (non-hydrogen) atoms. The van der Waals surface area contributed by atoms with E-state index in [4.69, 9.17) is 9.47 Å². The van der Waals surface area contributed by atoms with E-state index < -0.39 is 0 Å². The molecule has 168 valence electrons. The molecule has 0 saturated carbocycles. The quantitative estimate of drug-likeness (QED) is 0.397. The van der Waals surface area contributed by atoms with Crippen molar-refractivity contribution < 1.29 is 19.1 Å². The average Bonchev–Trinajstić information content (AvgIpc) is 3.22. The van der Waals surface area contributed by atoms with Gasteiger partial charge in [0.15, 0.2) is 11.5 Å². The second-order valence-corrected chi connectivity index (χ2v) is 7.56. The van der Waals surface area contributed by atoms with Crippen LogP contribution in [0.4, 0.5) is 11.4 Å². The molecule has 0 radical (unpaired) electrons. The Balaban J connectivity index is 1.63. The van der Waals surface area contributed by atoms with Crippen molar-refractivity contribution in [1.82, 2.24) is 9.97 Å². The number of ether oxygens (including phenoxy) is 2. The van der Waals surface area contributed by atoms with Gasteiger partial charge < -0.3 is 25.1 Å². The number of carbonyl (C=O) groups is 2. The summed E-state index contributed by atoms with van der Waals surface area (Å²) in [5.41, 5.74) is 4.94. The number of aryl methyl sites for hydroxylation is 1. The van der Waals surface area contributed by atoms with Gasteiger partial charge in [-0.25, -0.2) is 4.98 Å². The lowest BCUT2D eigenvalue weighted by atomic mass is 10.1. The Morgan fingerprint density at radius 1 is 0.939 bits per heavy atom.